The highest BCUT2D eigenvalue weighted by atomic mass is 35.5. The van der Waals surface area contributed by atoms with Gasteiger partial charge in [-0.3, -0.25) is 0 Å². The first-order valence-electron chi connectivity index (χ1n) is 6.80. The van der Waals surface area contributed by atoms with Gasteiger partial charge in [-0.1, -0.05) is 23.4 Å². The van der Waals surface area contributed by atoms with Crippen LogP contribution in [0.1, 0.15) is 32.8 Å². The second-order valence-corrected chi connectivity index (χ2v) is 5.93. The van der Waals surface area contributed by atoms with Gasteiger partial charge in [-0.15, -0.1) is 0 Å². The maximum atomic E-state index is 11.4. The number of carbonyl (C=O) groups excluding carboxylic acids is 1. The normalized spacial score (nSPS) is 10.9. The number of rotatable bonds is 2. The smallest absolute Gasteiger partial charge is 0.407 e. The second-order valence-electron chi connectivity index (χ2n) is 5.57. The average Bonchev–Trinajstić information content (AvgIpc) is 2.81. The summed E-state index contributed by atoms with van der Waals surface area (Å²) in [5, 5.41) is 3.01. The number of carbonyl (C=O) groups is 1. The first kappa shape index (κ1) is 16.1. The van der Waals surface area contributed by atoms with Crippen molar-refractivity contribution in [3.8, 4) is 11.8 Å². The van der Waals surface area contributed by atoms with Gasteiger partial charge < -0.3 is 15.0 Å². The van der Waals surface area contributed by atoms with E-state index in [-0.39, 0.29) is 0 Å². The van der Waals surface area contributed by atoms with E-state index in [1.54, 1.807) is 6.20 Å². The molecule has 0 saturated heterocycles. The number of aromatic nitrogens is 3. The van der Waals surface area contributed by atoms with E-state index in [0.29, 0.717) is 29.2 Å². The van der Waals surface area contributed by atoms with Crippen molar-refractivity contribution in [3.63, 3.8) is 0 Å². The van der Waals surface area contributed by atoms with E-state index < -0.39 is 11.7 Å². The Bertz CT molecular complexity index is 737. The Morgan fingerprint density at radius 1 is 1.45 bits per heavy atom. The molecule has 0 atom stereocenters. The fraction of sp³-hybridized carbons (Fsp3) is 0.400. The number of nitrogens with one attached hydrogen (secondary N) is 2. The van der Waals surface area contributed by atoms with Crippen LogP contribution in [0.5, 0.6) is 0 Å². The number of alkyl carbamates (subject to hydrolysis) is 1. The Morgan fingerprint density at radius 3 is 2.95 bits per heavy atom. The van der Waals surface area contributed by atoms with Gasteiger partial charge in [-0.2, -0.15) is 0 Å². The molecule has 7 heteroatoms. The summed E-state index contributed by atoms with van der Waals surface area (Å²) < 4.78 is 5.13. The van der Waals surface area contributed by atoms with Crippen molar-refractivity contribution in [1.82, 2.24) is 20.3 Å². The van der Waals surface area contributed by atoms with Crippen LogP contribution in [-0.2, 0) is 4.74 Å². The molecule has 6 nitrogen and oxygen atoms in total. The lowest BCUT2D eigenvalue weighted by atomic mass is 10.2. The summed E-state index contributed by atoms with van der Waals surface area (Å²) in [7, 11) is 0. The van der Waals surface area contributed by atoms with Crippen LogP contribution >= 0.6 is 11.6 Å². The van der Waals surface area contributed by atoms with Crippen molar-refractivity contribution in [2.24, 2.45) is 0 Å². The first-order valence-corrected chi connectivity index (χ1v) is 7.18. The third kappa shape index (κ3) is 4.37. The van der Waals surface area contributed by atoms with Gasteiger partial charge in [0, 0.05) is 19.2 Å². The molecule has 0 aliphatic carbocycles. The number of nitrogens with zero attached hydrogens (tertiary/aromatic N) is 2. The van der Waals surface area contributed by atoms with Gasteiger partial charge in [0.1, 0.15) is 23.0 Å². The molecular weight excluding hydrogens is 304 g/mol. The van der Waals surface area contributed by atoms with Gasteiger partial charge in [0.15, 0.2) is 5.15 Å². The van der Waals surface area contributed by atoms with Crippen molar-refractivity contribution in [2.75, 3.05) is 6.54 Å². The van der Waals surface area contributed by atoms with Crippen molar-refractivity contribution in [2.45, 2.75) is 32.8 Å². The Hall–Kier alpha value is -2.26. The molecule has 0 fully saturated rings. The van der Waals surface area contributed by atoms with Crippen molar-refractivity contribution < 1.29 is 9.53 Å². The standard InChI is InChI=1S/C15H17ClN4O2/c1-15(2,3)22-14(21)17-7-5-4-6-10-8-18-12-11(10)19-9-20-13(12)16/h8-9,18H,5,7H2,1-3H3,(H,17,21). The number of hydrogen-bond donors (Lipinski definition) is 2. The summed E-state index contributed by atoms with van der Waals surface area (Å²) in [4.78, 5) is 22.5. The Morgan fingerprint density at radius 2 is 2.23 bits per heavy atom. The molecule has 0 bridgehead atoms. The van der Waals surface area contributed by atoms with Gasteiger partial charge in [-0.05, 0) is 20.8 Å². The summed E-state index contributed by atoms with van der Waals surface area (Å²) in [5.41, 5.74) is 1.60. The van der Waals surface area contributed by atoms with Gasteiger partial charge in [0.25, 0.3) is 0 Å². The van der Waals surface area contributed by atoms with Crippen LogP contribution in [0.4, 0.5) is 4.79 Å². The van der Waals surface area contributed by atoms with Gasteiger partial charge in [0.2, 0.25) is 0 Å². The molecule has 0 radical (unpaired) electrons. The predicted octanol–water partition coefficient (Wildman–Crippen LogP) is 2.88. The van der Waals surface area contributed by atoms with Crippen molar-refractivity contribution in [3.05, 3.63) is 23.2 Å². The van der Waals surface area contributed by atoms with Crippen LogP contribution in [0.2, 0.25) is 5.15 Å². The summed E-state index contributed by atoms with van der Waals surface area (Å²) in [6, 6.07) is 0. The second kappa shape index (κ2) is 6.67. The van der Waals surface area contributed by atoms with Gasteiger partial charge in [0.05, 0.1) is 5.56 Å². The lowest BCUT2D eigenvalue weighted by Crippen LogP contribution is -2.32. The lowest BCUT2D eigenvalue weighted by molar-refractivity contribution is 0.0529. The number of H-pyrrole nitrogens is 1. The van der Waals surface area contributed by atoms with E-state index in [2.05, 4.69) is 32.1 Å². The number of amides is 1. The zero-order chi connectivity index (χ0) is 16.2. The number of halogens is 1. The summed E-state index contributed by atoms with van der Waals surface area (Å²) in [6.45, 7) is 5.86. The SMILES string of the molecule is CC(C)(C)OC(=O)NCCC#Cc1c[nH]c2c(Cl)ncnc12. The molecule has 0 spiro atoms. The highest BCUT2D eigenvalue weighted by Gasteiger charge is 2.15. The molecule has 0 saturated carbocycles. The average molecular weight is 321 g/mol. The molecule has 0 aliphatic rings. The van der Waals surface area contributed by atoms with E-state index in [0.717, 1.165) is 5.56 Å². The van der Waals surface area contributed by atoms with Crippen LogP contribution in [-0.4, -0.2) is 33.2 Å². The molecule has 1 amide bonds. The van der Waals surface area contributed by atoms with Crippen LogP contribution in [0.25, 0.3) is 11.0 Å². The Balaban J connectivity index is 1.89. The van der Waals surface area contributed by atoms with Crippen molar-refractivity contribution >= 4 is 28.7 Å². The minimum Gasteiger partial charge on any atom is -0.444 e. The topological polar surface area (TPSA) is 79.9 Å². The Labute approximate surface area is 133 Å². The molecule has 0 unspecified atom stereocenters. The third-order valence-electron chi connectivity index (χ3n) is 2.56. The summed E-state index contributed by atoms with van der Waals surface area (Å²) >= 11 is 5.95. The summed E-state index contributed by atoms with van der Waals surface area (Å²) in [5.74, 6) is 5.97. The van der Waals surface area contributed by atoms with E-state index in [9.17, 15) is 4.79 Å². The maximum absolute atomic E-state index is 11.4. The predicted molar refractivity (Wildman–Crippen MR) is 84.6 cm³/mol. The third-order valence-corrected chi connectivity index (χ3v) is 2.84. The van der Waals surface area contributed by atoms with Crippen LogP contribution in [0.15, 0.2) is 12.5 Å². The molecular formula is C15H17ClN4O2. The molecule has 2 rings (SSSR count). The van der Waals surface area contributed by atoms with E-state index in [1.807, 2.05) is 20.8 Å². The lowest BCUT2D eigenvalue weighted by Gasteiger charge is -2.19. The fourth-order valence-electron chi connectivity index (χ4n) is 1.70. The minimum atomic E-state index is -0.501. The quantitative estimate of drug-likeness (QED) is 0.506. The van der Waals surface area contributed by atoms with E-state index >= 15 is 0 Å². The molecule has 2 N–H and O–H groups in total. The fourth-order valence-corrected chi connectivity index (χ4v) is 1.89. The van der Waals surface area contributed by atoms with E-state index in [1.165, 1.54) is 6.33 Å². The van der Waals surface area contributed by atoms with Crippen molar-refractivity contribution in [1.29, 1.82) is 0 Å². The van der Waals surface area contributed by atoms with Crippen LogP contribution in [0.3, 0.4) is 0 Å². The highest BCUT2D eigenvalue weighted by Crippen LogP contribution is 2.20. The number of aromatic amines is 1. The molecule has 0 aliphatic heterocycles. The largest absolute Gasteiger partial charge is 0.444 e. The first-order chi connectivity index (χ1) is 10.4. The zero-order valence-electron chi connectivity index (χ0n) is 12.7. The molecule has 2 heterocycles. The van der Waals surface area contributed by atoms with Gasteiger partial charge >= 0.3 is 6.09 Å². The molecule has 2 aromatic heterocycles. The van der Waals surface area contributed by atoms with E-state index in [4.69, 9.17) is 16.3 Å². The van der Waals surface area contributed by atoms with Crippen LogP contribution < -0.4 is 5.32 Å². The minimum absolute atomic E-state index is 0.365. The molecule has 116 valence electrons. The molecule has 2 aromatic rings. The zero-order valence-corrected chi connectivity index (χ0v) is 13.4. The maximum Gasteiger partial charge on any atom is 0.407 e. The summed E-state index contributed by atoms with van der Waals surface area (Å²) in [6.07, 6.45) is 3.19. The highest BCUT2D eigenvalue weighted by molar-refractivity contribution is 6.33. The molecule has 22 heavy (non-hydrogen) atoms. The Kier molecular flexibility index (Phi) is 4.88. The number of hydrogen-bond acceptors (Lipinski definition) is 4. The monoisotopic (exact) mass is 320 g/mol. The number of fused-ring (bicyclic) bond motifs is 1. The van der Waals surface area contributed by atoms with Gasteiger partial charge in [-0.25, -0.2) is 14.8 Å². The van der Waals surface area contributed by atoms with Crippen LogP contribution in [0, 0.1) is 11.8 Å². The number of ether oxygens (including phenoxy) is 1. The molecule has 0 aromatic carbocycles.